The van der Waals surface area contributed by atoms with E-state index in [1.165, 1.54) is 13.0 Å². The first-order chi connectivity index (χ1) is 21.2. The van der Waals surface area contributed by atoms with Gasteiger partial charge in [0, 0.05) is 30.1 Å². The summed E-state index contributed by atoms with van der Waals surface area (Å²) in [4.78, 5) is 79.9. The van der Waals surface area contributed by atoms with Crippen LogP contribution in [0.4, 0.5) is 10.5 Å². The van der Waals surface area contributed by atoms with Gasteiger partial charge in [-0.2, -0.15) is 0 Å². The highest BCUT2D eigenvalue weighted by molar-refractivity contribution is 6.05. The molecule has 0 spiro atoms. The Kier molecular flexibility index (Phi) is 13.8. The van der Waals surface area contributed by atoms with Gasteiger partial charge in [0.25, 0.3) is 0 Å². The molecule has 16 nitrogen and oxygen atoms in total. The first-order valence-electron chi connectivity index (χ1n) is 14.4. The number of hydrogen-bond acceptors (Lipinski definition) is 10. The second-order valence-electron chi connectivity index (χ2n) is 10.4. The van der Waals surface area contributed by atoms with Crippen LogP contribution in [0.1, 0.15) is 68.3 Å². The van der Waals surface area contributed by atoms with Crippen molar-refractivity contribution in [1.29, 1.82) is 0 Å². The molecule has 1 aromatic carbocycles. The molecular formula is C29H41N7O9. The van der Waals surface area contributed by atoms with Gasteiger partial charge in [-0.15, -0.1) is 0 Å². The van der Waals surface area contributed by atoms with Crippen molar-refractivity contribution in [3.63, 3.8) is 0 Å². The molecular weight excluding hydrogens is 590 g/mol. The molecule has 16 heteroatoms. The van der Waals surface area contributed by atoms with E-state index in [2.05, 4.69) is 20.9 Å². The lowest BCUT2D eigenvalue weighted by Crippen LogP contribution is -2.55. The average molecular weight is 632 g/mol. The van der Waals surface area contributed by atoms with E-state index in [0.29, 0.717) is 23.1 Å². The van der Waals surface area contributed by atoms with Crippen LogP contribution in [0.2, 0.25) is 0 Å². The lowest BCUT2D eigenvalue weighted by Gasteiger charge is -2.23. The number of alkyl carbamates (subject to hydrolysis) is 1. The fourth-order valence-electron chi connectivity index (χ4n) is 4.31. The van der Waals surface area contributed by atoms with Gasteiger partial charge in [0.05, 0.1) is 12.6 Å². The molecule has 0 radical (unpaired) electrons. The third-order valence-electron chi connectivity index (χ3n) is 6.75. The molecule has 246 valence electrons. The first-order valence-corrected chi connectivity index (χ1v) is 14.4. The van der Waals surface area contributed by atoms with E-state index in [0.717, 1.165) is 6.42 Å². The first kappa shape index (κ1) is 36.0. The van der Waals surface area contributed by atoms with E-state index in [1.807, 2.05) is 6.92 Å². The summed E-state index contributed by atoms with van der Waals surface area (Å²) in [6.07, 6.45) is -0.00492. The van der Waals surface area contributed by atoms with Crippen molar-refractivity contribution in [2.75, 3.05) is 18.9 Å². The number of ether oxygens (including phenoxy) is 1. The number of aryl methyl sites for hydroxylation is 1. The van der Waals surface area contributed by atoms with Crippen LogP contribution in [0.15, 0.2) is 32.4 Å². The van der Waals surface area contributed by atoms with E-state index in [1.54, 1.807) is 19.1 Å². The van der Waals surface area contributed by atoms with Crippen molar-refractivity contribution in [3.8, 4) is 0 Å². The zero-order valence-electron chi connectivity index (χ0n) is 25.5. The van der Waals surface area contributed by atoms with Crippen molar-refractivity contribution in [1.82, 2.24) is 16.0 Å². The number of nitrogens with one attached hydrogen (secondary N) is 3. The Hall–Kier alpha value is -5.15. The molecule has 0 aliphatic rings. The van der Waals surface area contributed by atoms with Crippen LogP contribution in [0, 0.1) is 6.92 Å². The van der Waals surface area contributed by atoms with Crippen molar-refractivity contribution in [2.24, 2.45) is 16.5 Å². The molecule has 1 heterocycles. The summed E-state index contributed by atoms with van der Waals surface area (Å²) in [6, 6.07) is 0.854. The molecule has 1 aromatic heterocycles. The predicted molar refractivity (Wildman–Crippen MR) is 165 cm³/mol. The maximum atomic E-state index is 13.7. The SMILES string of the molecule is CCCCOC(=O)NC(CCC(=O)O)C(=O)NC(C)C(=O)NC(CCCN=C(N)N)C(=O)c1c(C)c2ccc(N)cc2oc1=O. The molecule has 0 bridgehead atoms. The number of guanidine groups is 1. The standard InChI is InChI=1S/C29H41N7O9/c1-4-5-13-44-29(43)36-20(10-11-22(37)38)26(41)34-16(3)25(40)35-19(7-6-12-33-28(31)32)24(39)23-15(2)18-9-8-17(30)14-21(18)45-27(23)42/h8-9,14,16,19-20H,4-7,10-13,30H2,1-3H3,(H,34,41)(H,35,40)(H,36,43)(H,37,38)(H4,31,32,33). The number of carboxylic acids is 1. The number of benzene rings is 1. The Balaban J connectivity index is 2.26. The third-order valence-corrected chi connectivity index (χ3v) is 6.75. The summed E-state index contributed by atoms with van der Waals surface area (Å²) < 4.78 is 10.3. The largest absolute Gasteiger partial charge is 0.481 e. The number of nitrogens with two attached hydrogens (primary N) is 3. The van der Waals surface area contributed by atoms with Gasteiger partial charge >= 0.3 is 17.7 Å². The number of amides is 3. The zero-order chi connectivity index (χ0) is 33.7. The number of aliphatic imine (C=N–C) groups is 1. The number of hydrogen-bond donors (Lipinski definition) is 7. The predicted octanol–water partition coefficient (Wildman–Crippen LogP) is 0.669. The number of nitrogens with zero attached hydrogens (tertiary/aromatic N) is 1. The summed E-state index contributed by atoms with van der Waals surface area (Å²) in [5.74, 6) is -3.72. The highest BCUT2D eigenvalue weighted by atomic mass is 16.5. The normalized spacial score (nSPS) is 12.8. The van der Waals surface area contributed by atoms with Crippen LogP contribution in [0.25, 0.3) is 11.0 Å². The van der Waals surface area contributed by atoms with Gasteiger partial charge in [-0.25, -0.2) is 9.59 Å². The minimum absolute atomic E-state index is 0.0209. The van der Waals surface area contributed by atoms with Crippen LogP contribution in [-0.4, -0.2) is 72.0 Å². The quantitative estimate of drug-likeness (QED) is 0.0317. The lowest BCUT2D eigenvalue weighted by molar-refractivity contribution is -0.137. The van der Waals surface area contributed by atoms with Crippen LogP contribution < -0.4 is 38.8 Å². The molecule has 2 rings (SSSR count). The average Bonchev–Trinajstić information content (AvgIpc) is 2.96. The number of Topliss-reactive ketones (excluding diaryl/α,β-unsaturated/α-hetero) is 1. The summed E-state index contributed by atoms with van der Waals surface area (Å²) in [5.41, 5.74) is 16.2. The number of carboxylic acid groups (broad SMARTS) is 1. The van der Waals surface area contributed by atoms with E-state index < -0.39 is 59.8 Å². The minimum Gasteiger partial charge on any atom is -0.481 e. The van der Waals surface area contributed by atoms with Crippen molar-refractivity contribution >= 4 is 52.3 Å². The van der Waals surface area contributed by atoms with E-state index >= 15 is 0 Å². The number of anilines is 1. The topological polar surface area (TPSA) is 272 Å². The molecule has 0 aliphatic heterocycles. The molecule has 0 saturated carbocycles. The molecule has 0 fully saturated rings. The third kappa shape index (κ3) is 11.1. The highest BCUT2D eigenvalue weighted by Crippen LogP contribution is 2.23. The summed E-state index contributed by atoms with van der Waals surface area (Å²) in [5, 5.41) is 16.9. The van der Waals surface area contributed by atoms with Gasteiger partial charge in [-0.3, -0.25) is 24.2 Å². The van der Waals surface area contributed by atoms with E-state index in [4.69, 9.17) is 31.5 Å². The fraction of sp³-hybridized carbons (Fsp3) is 0.483. The molecule has 3 amide bonds. The van der Waals surface area contributed by atoms with Crippen molar-refractivity contribution in [2.45, 2.75) is 77.4 Å². The Morgan fingerprint density at radius 1 is 1.02 bits per heavy atom. The van der Waals surface area contributed by atoms with Crippen LogP contribution in [-0.2, 0) is 19.1 Å². The summed E-state index contributed by atoms with van der Waals surface area (Å²) in [7, 11) is 0. The zero-order valence-corrected chi connectivity index (χ0v) is 25.5. The number of carbonyl (C=O) groups excluding carboxylic acids is 4. The lowest BCUT2D eigenvalue weighted by atomic mass is 9.95. The number of unbranched alkanes of at least 4 members (excludes halogenated alkanes) is 1. The molecule has 2 aromatic rings. The summed E-state index contributed by atoms with van der Waals surface area (Å²) in [6.45, 7) is 5.04. The fourth-order valence-corrected chi connectivity index (χ4v) is 4.31. The molecule has 45 heavy (non-hydrogen) atoms. The summed E-state index contributed by atoms with van der Waals surface area (Å²) >= 11 is 0. The smallest absolute Gasteiger partial charge is 0.407 e. The maximum Gasteiger partial charge on any atom is 0.407 e. The van der Waals surface area contributed by atoms with Crippen molar-refractivity contribution in [3.05, 3.63) is 39.7 Å². The number of carbonyl (C=O) groups is 5. The number of rotatable bonds is 17. The second kappa shape index (κ2) is 17.2. The maximum absolute atomic E-state index is 13.7. The van der Waals surface area contributed by atoms with Gasteiger partial charge in [0.15, 0.2) is 11.7 Å². The molecule has 0 saturated heterocycles. The molecule has 3 atom stereocenters. The second-order valence-corrected chi connectivity index (χ2v) is 10.4. The number of aliphatic carboxylic acids is 1. The van der Waals surface area contributed by atoms with Gasteiger partial charge in [-0.1, -0.05) is 13.3 Å². The number of fused-ring (bicyclic) bond motifs is 1. The molecule has 0 aliphatic carbocycles. The van der Waals surface area contributed by atoms with Gasteiger partial charge < -0.3 is 47.4 Å². The minimum atomic E-state index is -1.32. The van der Waals surface area contributed by atoms with Crippen LogP contribution in [0.5, 0.6) is 0 Å². The Morgan fingerprint density at radius 2 is 1.73 bits per heavy atom. The van der Waals surface area contributed by atoms with Gasteiger partial charge in [0.1, 0.15) is 23.2 Å². The molecule has 10 N–H and O–H groups in total. The van der Waals surface area contributed by atoms with Crippen LogP contribution >= 0.6 is 0 Å². The Bertz CT molecular complexity index is 1480. The van der Waals surface area contributed by atoms with Crippen LogP contribution in [0.3, 0.4) is 0 Å². The number of ketones is 1. The molecule has 3 unspecified atom stereocenters. The van der Waals surface area contributed by atoms with Gasteiger partial charge in [0.2, 0.25) is 11.8 Å². The monoisotopic (exact) mass is 631 g/mol. The Labute approximate surface area is 259 Å². The Morgan fingerprint density at radius 3 is 2.38 bits per heavy atom. The highest BCUT2D eigenvalue weighted by Gasteiger charge is 2.31. The van der Waals surface area contributed by atoms with Crippen molar-refractivity contribution < 1.29 is 38.2 Å². The van der Waals surface area contributed by atoms with E-state index in [9.17, 15) is 28.8 Å². The van der Waals surface area contributed by atoms with E-state index in [-0.39, 0.29) is 49.5 Å². The number of nitrogen functional groups attached to an aromatic ring is 1. The van der Waals surface area contributed by atoms with Gasteiger partial charge in [-0.05, 0) is 57.2 Å².